The third kappa shape index (κ3) is 2.04. The zero-order chi connectivity index (χ0) is 14.1. The molecule has 3 aromatic rings. The molecule has 0 radical (unpaired) electrons. The number of aromatic nitrogens is 3. The van der Waals surface area contributed by atoms with Gasteiger partial charge in [-0.2, -0.15) is 0 Å². The number of fused-ring (bicyclic) bond motifs is 1. The Kier molecular flexibility index (Phi) is 3.36. The van der Waals surface area contributed by atoms with Crippen molar-refractivity contribution in [2.45, 2.75) is 18.2 Å². The Morgan fingerprint density at radius 1 is 1.35 bits per heavy atom. The average Bonchev–Trinajstić information content (AvgIpc) is 2.90. The lowest BCUT2D eigenvalue weighted by molar-refractivity contribution is 0.405. The summed E-state index contributed by atoms with van der Waals surface area (Å²) in [5, 5.41) is 0. The van der Waals surface area contributed by atoms with Crippen LogP contribution in [0.1, 0.15) is 12.5 Å². The third-order valence-electron chi connectivity index (χ3n) is 3.34. The molecule has 20 heavy (non-hydrogen) atoms. The van der Waals surface area contributed by atoms with E-state index >= 15 is 0 Å². The summed E-state index contributed by atoms with van der Waals surface area (Å²) < 4.78 is 7.47. The molecule has 0 aliphatic carbocycles. The van der Waals surface area contributed by atoms with Gasteiger partial charge in [0.15, 0.2) is 5.65 Å². The maximum atomic E-state index is 5.53. The van der Waals surface area contributed by atoms with Crippen molar-refractivity contribution < 1.29 is 4.74 Å². The van der Waals surface area contributed by atoms with E-state index in [1.54, 1.807) is 19.5 Å². The van der Waals surface area contributed by atoms with Gasteiger partial charge in [-0.1, -0.05) is 13.0 Å². The van der Waals surface area contributed by atoms with E-state index < -0.39 is 0 Å². The van der Waals surface area contributed by atoms with E-state index in [0.29, 0.717) is 0 Å². The lowest BCUT2D eigenvalue weighted by atomic mass is 10.1. The summed E-state index contributed by atoms with van der Waals surface area (Å²) in [4.78, 5) is 9.53. The van der Waals surface area contributed by atoms with Crippen LogP contribution in [0.5, 0.6) is 5.75 Å². The average molecular weight is 285 g/mol. The van der Waals surface area contributed by atoms with Gasteiger partial charge >= 0.3 is 0 Å². The predicted octanol–water partition coefficient (Wildman–Crippen LogP) is 3.26. The number of hydrogen-bond donors (Lipinski definition) is 1. The van der Waals surface area contributed by atoms with Gasteiger partial charge in [0, 0.05) is 24.2 Å². The molecule has 0 unspecified atom stereocenters. The second kappa shape index (κ2) is 5.17. The minimum absolute atomic E-state index is 0.768. The van der Waals surface area contributed by atoms with Crippen LogP contribution in [0, 0.1) is 0 Å². The van der Waals surface area contributed by atoms with Crippen LogP contribution in [0.4, 0.5) is 0 Å². The molecular weight excluding hydrogens is 270 g/mol. The first-order chi connectivity index (χ1) is 9.74. The highest BCUT2D eigenvalue weighted by Crippen LogP contribution is 2.37. The summed E-state index contributed by atoms with van der Waals surface area (Å²) >= 11 is 4.58. The van der Waals surface area contributed by atoms with Crippen LogP contribution in [-0.4, -0.2) is 21.5 Å². The summed E-state index contributed by atoms with van der Waals surface area (Å²) in [7, 11) is 1.66. The number of thiol groups is 1. The molecule has 0 amide bonds. The van der Waals surface area contributed by atoms with Gasteiger partial charge in [0.25, 0.3) is 0 Å². The minimum atomic E-state index is 0.768. The number of methoxy groups -OCH3 is 1. The van der Waals surface area contributed by atoms with Gasteiger partial charge < -0.3 is 9.14 Å². The normalized spacial score (nSPS) is 10.9. The smallest absolute Gasteiger partial charge is 0.155 e. The van der Waals surface area contributed by atoms with Gasteiger partial charge in [0.2, 0.25) is 0 Å². The molecule has 0 bridgehead atoms. The summed E-state index contributed by atoms with van der Waals surface area (Å²) in [5.41, 5.74) is 3.77. The first-order valence-corrected chi connectivity index (χ1v) is 6.87. The van der Waals surface area contributed by atoms with E-state index in [9.17, 15) is 0 Å². The predicted molar refractivity (Wildman–Crippen MR) is 81.6 cm³/mol. The number of nitrogens with zero attached hydrogens (tertiary/aromatic N) is 3. The fourth-order valence-electron chi connectivity index (χ4n) is 2.28. The van der Waals surface area contributed by atoms with Crippen molar-refractivity contribution in [1.29, 1.82) is 0 Å². The van der Waals surface area contributed by atoms with Crippen LogP contribution in [0.3, 0.4) is 0 Å². The highest BCUT2D eigenvalue weighted by molar-refractivity contribution is 7.80. The summed E-state index contributed by atoms with van der Waals surface area (Å²) in [5.74, 6) is 0.768. The van der Waals surface area contributed by atoms with Gasteiger partial charge in [-0.25, -0.2) is 4.98 Å². The second-order valence-electron chi connectivity index (χ2n) is 4.48. The van der Waals surface area contributed by atoms with Crippen LogP contribution in [0.2, 0.25) is 0 Å². The molecular formula is C15H15N3OS. The Balaban J connectivity index is 2.20. The first kappa shape index (κ1) is 13.0. The Bertz CT molecular complexity index is 734. The number of rotatable bonds is 3. The summed E-state index contributed by atoms with van der Waals surface area (Å²) in [6, 6.07) is 4.11. The Hall–Kier alpha value is -2.01. The summed E-state index contributed by atoms with van der Waals surface area (Å²) in [6.07, 6.45) is 8.23. The zero-order valence-electron chi connectivity index (χ0n) is 11.4. The maximum Gasteiger partial charge on any atom is 0.155 e. The zero-order valence-corrected chi connectivity index (χ0v) is 12.3. The number of aryl methyl sites for hydroxylation is 1. The number of hydrogen-bond acceptors (Lipinski definition) is 4. The van der Waals surface area contributed by atoms with Gasteiger partial charge in [-0.05, 0) is 18.1 Å². The molecule has 1 aromatic carbocycles. The Morgan fingerprint density at radius 2 is 2.20 bits per heavy atom. The lowest BCUT2D eigenvalue weighted by Crippen LogP contribution is -1.93. The van der Waals surface area contributed by atoms with Crippen molar-refractivity contribution in [2.24, 2.45) is 0 Å². The van der Waals surface area contributed by atoms with E-state index in [1.807, 2.05) is 22.9 Å². The van der Waals surface area contributed by atoms with E-state index in [2.05, 4.69) is 35.6 Å². The molecule has 2 heterocycles. The Morgan fingerprint density at radius 3 is 2.90 bits per heavy atom. The molecule has 0 atom stereocenters. The van der Waals surface area contributed by atoms with Gasteiger partial charge in [0.05, 0.1) is 23.9 Å². The topological polar surface area (TPSA) is 39.4 Å². The van der Waals surface area contributed by atoms with E-state index in [-0.39, 0.29) is 0 Å². The third-order valence-corrected chi connectivity index (χ3v) is 3.83. The van der Waals surface area contributed by atoms with Crippen LogP contribution < -0.4 is 4.74 Å². The second-order valence-corrected chi connectivity index (χ2v) is 4.92. The molecule has 5 heteroatoms. The fraction of sp³-hybridized carbons (Fsp3) is 0.200. The minimum Gasteiger partial charge on any atom is -0.495 e. The van der Waals surface area contributed by atoms with Crippen molar-refractivity contribution in [2.75, 3.05) is 7.11 Å². The van der Waals surface area contributed by atoms with Crippen molar-refractivity contribution >= 4 is 18.3 Å². The number of imidazole rings is 1. The first-order valence-electron chi connectivity index (χ1n) is 6.42. The van der Waals surface area contributed by atoms with Crippen molar-refractivity contribution in [3.05, 3.63) is 42.5 Å². The van der Waals surface area contributed by atoms with Crippen LogP contribution in [0.15, 0.2) is 41.8 Å². The largest absolute Gasteiger partial charge is 0.495 e. The monoisotopic (exact) mass is 285 g/mol. The molecule has 3 rings (SSSR count). The molecule has 4 nitrogen and oxygen atoms in total. The van der Waals surface area contributed by atoms with Crippen LogP contribution in [0.25, 0.3) is 16.9 Å². The lowest BCUT2D eigenvalue weighted by Gasteiger charge is -2.12. The van der Waals surface area contributed by atoms with E-state index in [1.165, 1.54) is 5.56 Å². The molecule has 0 N–H and O–H groups in total. The molecule has 2 aromatic heterocycles. The van der Waals surface area contributed by atoms with Crippen LogP contribution in [-0.2, 0) is 6.42 Å². The molecule has 0 saturated carbocycles. The fourth-order valence-corrected chi connectivity index (χ4v) is 2.72. The van der Waals surface area contributed by atoms with E-state index in [4.69, 9.17) is 4.74 Å². The van der Waals surface area contributed by atoms with Crippen molar-refractivity contribution in [1.82, 2.24) is 14.4 Å². The highest BCUT2D eigenvalue weighted by atomic mass is 32.1. The molecule has 0 fully saturated rings. The highest BCUT2D eigenvalue weighted by Gasteiger charge is 2.14. The number of ether oxygens (including phenoxy) is 1. The standard InChI is InChI=1S/C15H15N3OS/c1-3-10-4-5-11(14(19-2)15(10)20)12-9-18-7-6-16-8-13(18)17-12/h4-9,20H,3H2,1-2H3. The Labute approximate surface area is 122 Å². The van der Waals surface area contributed by atoms with Gasteiger partial charge in [0.1, 0.15) is 5.75 Å². The van der Waals surface area contributed by atoms with E-state index in [0.717, 1.165) is 34.0 Å². The van der Waals surface area contributed by atoms with Crippen molar-refractivity contribution in [3.63, 3.8) is 0 Å². The molecule has 102 valence electrons. The van der Waals surface area contributed by atoms with Crippen LogP contribution >= 0.6 is 12.6 Å². The van der Waals surface area contributed by atoms with Crippen molar-refractivity contribution in [3.8, 4) is 17.0 Å². The molecule has 0 aliphatic rings. The maximum absolute atomic E-state index is 5.53. The van der Waals surface area contributed by atoms with Gasteiger partial charge in [-0.3, -0.25) is 4.98 Å². The quantitative estimate of drug-likeness (QED) is 0.751. The number of benzene rings is 1. The van der Waals surface area contributed by atoms with Gasteiger partial charge in [-0.15, -0.1) is 12.6 Å². The molecule has 0 aliphatic heterocycles. The SMILES string of the molecule is CCc1ccc(-c2cn3ccncc3n2)c(OC)c1S. The summed E-state index contributed by atoms with van der Waals surface area (Å²) in [6.45, 7) is 2.10. The molecule has 0 saturated heterocycles. The molecule has 0 spiro atoms.